The van der Waals surface area contributed by atoms with E-state index in [1.807, 2.05) is 14.1 Å². The Hall–Kier alpha value is -1.66. The molecule has 0 spiro atoms. The summed E-state index contributed by atoms with van der Waals surface area (Å²) in [6.45, 7) is 5.88. The van der Waals surface area contributed by atoms with Crippen LogP contribution < -0.4 is 5.73 Å². The molecule has 0 aliphatic rings. The molecule has 0 heterocycles. The highest BCUT2D eigenvalue weighted by Gasteiger charge is 2.12. The Labute approximate surface area is 120 Å². The van der Waals surface area contributed by atoms with E-state index in [0.29, 0.717) is 0 Å². The summed E-state index contributed by atoms with van der Waals surface area (Å²) in [6, 6.07) is 4.98. The van der Waals surface area contributed by atoms with Crippen LogP contribution in [0, 0.1) is 10.1 Å². The molecule has 6 heteroatoms. The molecule has 20 heavy (non-hydrogen) atoms. The van der Waals surface area contributed by atoms with Crippen LogP contribution in [0.1, 0.15) is 18.9 Å². The summed E-state index contributed by atoms with van der Waals surface area (Å²) in [5.74, 6) is 0. The quantitative estimate of drug-likeness (QED) is 0.447. The maximum absolute atomic E-state index is 10.7. The van der Waals surface area contributed by atoms with Gasteiger partial charge in [-0.15, -0.1) is 0 Å². The zero-order chi connectivity index (χ0) is 15.1. The summed E-state index contributed by atoms with van der Waals surface area (Å²) in [6.07, 6.45) is 1.08. The van der Waals surface area contributed by atoms with Crippen molar-refractivity contribution in [3.8, 4) is 0 Å². The third kappa shape index (κ3) is 5.14. The first-order valence-corrected chi connectivity index (χ1v) is 6.84. The van der Waals surface area contributed by atoms with E-state index in [9.17, 15) is 10.1 Å². The van der Waals surface area contributed by atoms with Gasteiger partial charge in [-0.05, 0) is 38.7 Å². The molecule has 0 saturated heterocycles. The van der Waals surface area contributed by atoms with Crippen LogP contribution in [0.5, 0.6) is 0 Å². The van der Waals surface area contributed by atoms with Crippen LogP contribution >= 0.6 is 0 Å². The van der Waals surface area contributed by atoms with Gasteiger partial charge < -0.3 is 10.6 Å². The molecular weight excluding hydrogens is 256 g/mol. The van der Waals surface area contributed by atoms with Gasteiger partial charge in [0, 0.05) is 25.7 Å². The van der Waals surface area contributed by atoms with Crippen molar-refractivity contribution in [1.82, 2.24) is 9.80 Å². The van der Waals surface area contributed by atoms with E-state index < -0.39 is 4.92 Å². The number of nitrogens with two attached hydrogens (primary N) is 1. The minimum absolute atomic E-state index is 0.0240. The van der Waals surface area contributed by atoms with Crippen molar-refractivity contribution in [2.75, 3.05) is 39.5 Å². The van der Waals surface area contributed by atoms with E-state index in [0.717, 1.165) is 38.2 Å². The van der Waals surface area contributed by atoms with Gasteiger partial charge in [0.25, 0.3) is 5.69 Å². The van der Waals surface area contributed by atoms with Crippen LogP contribution in [0.4, 0.5) is 11.4 Å². The number of rotatable bonds is 8. The van der Waals surface area contributed by atoms with Gasteiger partial charge in [0.05, 0.1) is 4.92 Å². The minimum atomic E-state index is -0.449. The predicted molar refractivity (Wildman–Crippen MR) is 81.6 cm³/mol. The monoisotopic (exact) mass is 280 g/mol. The lowest BCUT2D eigenvalue weighted by Gasteiger charge is -2.23. The smallest absolute Gasteiger partial charge is 0.292 e. The Balaban J connectivity index is 2.72. The summed E-state index contributed by atoms with van der Waals surface area (Å²) >= 11 is 0. The van der Waals surface area contributed by atoms with Crippen LogP contribution in [0.25, 0.3) is 0 Å². The molecule has 1 aromatic carbocycles. The number of nitro benzene ring substituents is 1. The highest BCUT2D eigenvalue weighted by Crippen LogP contribution is 2.22. The van der Waals surface area contributed by atoms with Crippen LogP contribution in [0.3, 0.4) is 0 Å². The Kier molecular flexibility index (Phi) is 6.41. The second-order valence-corrected chi connectivity index (χ2v) is 5.23. The van der Waals surface area contributed by atoms with Crippen LogP contribution in [-0.4, -0.2) is 48.5 Å². The summed E-state index contributed by atoms with van der Waals surface area (Å²) in [5.41, 5.74) is 6.95. The molecule has 0 aliphatic heterocycles. The normalized spacial score (nSPS) is 11.2. The van der Waals surface area contributed by atoms with Crippen molar-refractivity contribution in [2.24, 2.45) is 0 Å². The van der Waals surface area contributed by atoms with Crippen molar-refractivity contribution in [3.05, 3.63) is 33.9 Å². The second-order valence-electron chi connectivity index (χ2n) is 5.23. The van der Waals surface area contributed by atoms with E-state index in [1.165, 1.54) is 6.07 Å². The number of hydrogen-bond acceptors (Lipinski definition) is 5. The van der Waals surface area contributed by atoms with Crippen LogP contribution in [0.2, 0.25) is 0 Å². The molecular formula is C14H24N4O2. The fourth-order valence-corrected chi connectivity index (χ4v) is 2.05. The van der Waals surface area contributed by atoms with Gasteiger partial charge in [0.2, 0.25) is 0 Å². The molecule has 0 radical (unpaired) electrons. The first kappa shape index (κ1) is 16.4. The van der Waals surface area contributed by atoms with E-state index >= 15 is 0 Å². The molecule has 2 N–H and O–H groups in total. The third-order valence-electron chi connectivity index (χ3n) is 3.10. The molecule has 0 bridgehead atoms. The predicted octanol–water partition coefficient (Wildman–Crippen LogP) is 1.95. The van der Waals surface area contributed by atoms with E-state index in [1.54, 1.807) is 12.1 Å². The molecule has 6 nitrogen and oxygen atoms in total. The van der Waals surface area contributed by atoms with Gasteiger partial charge in [0.1, 0.15) is 5.69 Å². The first-order valence-electron chi connectivity index (χ1n) is 6.84. The molecule has 0 atom stereocenters. The maximum atomic E-state index is 10.7. The fraction of sp³-hybridized carbons (Fsp3) is 0.571. The molecule has 1 aromatic rings. The second kappa shape index (κ2) is 7.81. The van der Waals surface area contributed by atoms with Crippen molar-refractivity contribution in [3.63, 3.8) is 0 Å². The lowest BCUT2D eigenvalue weighted by molar-refractivity contribution is -0.383. The van der Waals surface area contributed by atoms with Gasteiger partial charge in [0.15, 0.2) is 0 Å². The number of nitrogens with zero attached hydrogens (tertiary/aromatic N) is 3. The minimum Gasteiger partial charge on any atom is -0.393 e. The number of likely N-dealkylation sites (N-methyl/N-ethyl adjacent to an activating group) is 1. The Morgan fingerprint density at radius 1 is 1.25 bits per heavy atom. The zero-order valence-corrected chi connectivity index (χ0v) is 12.5. The Morgan fingerprint density at radius 2 is 1.95 bits per heavy atom. The number of nitrogen functional groups attached to an aromatic ring is 1. The summed E-state index contributed by atoms with van der Waals surface area (Å²) in [5, 5.41) is 10.7. The zero-order valence-electron chi connectivity index (χ0n) is 12.5. The van der Waals surface area contributed by atoms with E-state index in [2.05, 4.69) is 16.7 Å². The molecule has 0 aliphatic carbocycles. The van der Waals surface area contributed by atoms with Crippen molar-refractivity contribution < 1.29 is 4.92 Å². The number of nitro groups is 1. The maximum Gasteiger partial charge on any atom is 0.292 e. The number of anilines is 1. The van der Waals surface area contributed by atoms with Gasteiger partial charge in [-0.25, -0.2) is 0 Å². The third-order valence-corrected chi connectivity index (χ3v) is 3.10. The number of benzene rings is 1. The van der Waals surface area contributed by atoms with Crippen LogP contribution in [-0.2, 0) is 6.54 Å². The average Bonchev–Trinajstić information content (AvgIpc) is 2.35. The molecule has 112 valence electrons. The average molecular weight is 280 g/mol. The Bertz CT molecular complexity index is 449. The number of hydrogen-bond donors (Lipinski definition) is 1. The Morgan fingerprint density at radius 3 is 2.45 bits per heavy atom. The van der Waals surface area contributed by atoms with Gasteiger partial charge >= 0.3 is 0 Å². The first-order chi connectivity index (χ1) is 9.43. The molecule has 0 aromatic heterocycles. The topological polar surface area (TPSA) is 75.6 Å². The van der Waals surface area contributed by atoms with Crippen molar-refractivity contribution in [2.45, 2.75) is 19.9 Å². The highest BCUT2D eigenvalue weighted by atomic mass is 16.6. The highest BCUT2D eigenvalue weighted by molar-refractivity contribution is 5.59. The SMILES string of the molecule is CCCN(CCN(C)C)Cc1ccc([N+](=O)[O-])c(N)c1. The molecule has 0 unspecified atom stereocenters. The van der Waals surface area contributed by atoms with Gasteiger partial charge in [-0.1, -0.05) is 13.0 Å². The largest absolute Gasteiger partial charge is 0.393 e. The molecule has 1 rings (SSSR count). The molecule has 0 amide bonds. The summed E-state index contributed by atoms with van der Waals surface area (Å²) in [4.78, 5) is 14.8. The van der Waals surface area contributed by atoms with E-state index in [-0.39, 0.29) is 11.4 Å². The van der Waals surface area contributed by atoms with Gasteiger partial charge in [-0.3, -0.25) is 15.0 Å². The fourth-order valence-electron chi connectivity index (χ4n) is 2.05. The van der Waals surface area contributed by atoms with Crippen molar-refractivity contribution in [1.29, 1.82) is 0 Å². The van der Waals surface area contributed by atoms with Crippen molar-refractivity contribution >= 4 is 11.4 Å². The lowest BCUT2D eigenvalue weighted by atomic mass is 10.1. The van der Waals surface area contributed by atoms with Crippen LogP contribution in [0.15, 0.2) is 18.2 Å². The molecule has 0 fully saturated rings. The van der Waals surface area contributed by atoms with E-state index in [4.69, 9.17) is 5.73 Å². The summed E-state index contributed by atoms with van der Waals surface area (Å²) in [7, 11) is 4.10. The lowest BCUT2D eigenvalue weighted by Crippen LogP contribution is -2.32. The molecule has 0 saturated carbocycles. The van der Waals surface area contributed by atoms with Gasteiger partial charge in [-0.2, -0.15) is 0 Å². The standard InChI is InChI=1S/C14H24N4O2/c1-4-7-17(9-8-16(2)3)11-12-5-6-14(18(19)20)13(15)10-12/h5-6,10H,4,7-9,11,15H2,1-3H3. The summed E-state index contributed by atoms with van der Waals surface area (Å²) < 4.78 is 0.